The van der Waals surface area contributed by atoms with E-state index < -0.39 is 8.07 Å². The van der Waals surface area contributed by atoms with Crippen molar-refractivity contribution in [3.8, 4) is 0 Å². The normalized spacial score (nSPS) is 10.9. The lowest BCUT2D eigenvalue weighted by Crippen LogP contribution is -2.44. The molecule has 0 aliphatic heterocycles. The Hall–Kier alpha value is -0.843. The third-order valence-electron chi connectivity index (χ3n) is 1.71. The summed E-state index contributed by atoms with van der Waals surface area (Å²) >= 11 is 0. The molecule has 0 N–H and O–H groups in total. The first-order valence-corrected chi connectivity index (χ1v) is 8.96. The molecular formula is C10H21NO3Si. The molecule has 0 rings (SSSR count). The number of rotatable bonds is 6. The Bertz CT molecular complexity index is 213. The van der Waals surface area contributed by atoms with Gasteiger partial charge in [-0.1, -0.05) is 19.6 Å². The summed E-state index contributed by atoms with van der Waals surface area (Å²) in [5.41, 5.74) is 0. The second-order valence-electron chi connectivity index (χ2n) is 4.64. The summed E-state index contributed by atoms with van der Waals surface area (Å²) in [6.45, 7) is 9.17. The summed E-state index contributed by atoms with van der Waals surface area (Å²) in [5.74, 6) is 0. The van der Waals surface area contributed by atoms with Gasteiger partial charge in [-0.15, -0.1) is 0 Å². The van der Waals surface area contributed by atoms with E-state index in [1.165, 1.54) is 0 Å². The lowest BCUT2D eigenvalue weighted by molar-refractivity contribution is -0.108. The molecule has 0 bridgehead atoms. The standard InChI is InChI=1S/C10H21NO3Si/c1-5-14-10(13)11(7-6-8-12)9-15(2,3)4/h8H,5-7,9H2,1-4H3. The van der Waals surface area contributed by atoms with E-state index in [9.17, 15) is 9.59 Å². The smallest absolute Gasteiger partial charge is 0.409 e. The molecule has 0 atom stereocenters. The Morgan fingerprint density at radius 2 is 2.00 bits per heavy atom. The third-order valence-corrected chi connectivity index (χ3v) is 3.04. The average Bonchev–Trinajstić information content (AvgIpc) is 2.10. The molecule has 0 aromatic carbocycles. The molecule has 0 aromatic heterocycles. The van der Waals surface area contributed by atoms with Gasteiger partial charge in [0.05, 0.1) is 14.7 Å². The SMILES string of the molecule is CCOC(=O)N(CCC=O)C[Si](C)(C)C. The fourth-order valence-electron chi connectivity index (χ4n) is 1.23. The Morgan fingerprint density at radius 1 is 1.40 bits per heavy atom. The predicted molar refractivity (Wildman–Crippen MR) is 62.6 cm³/mol. The molecule has 0 aromatic rings. The number of amides is 1. The lowest BCUT2D eigenvalue weighted by atomic mass is 10.4. The van der Waals surface area contributed by atoms with Crippen LogP contribution in [0.15, 0.2) is 0 Å². The van der Waals surface area contributed by atoms with Crippen molar-refractivity contribution in [2.75, 3.05) is 19.3 Å². The van der Waals surface area contributed by atoms with Gasteiger partial charge >= 0.3 is 6.09 Å². The minimum atomic E-state index is -1.35. The molecule has 88 valence electrons. The number of hydrogen-bond donors (Lipinski definition) is 0. The quantitative estimate of drug-likeness (QED) is 0.518. The topological polar surface area (TPSA) is 46.6 Å². The summed E-state index contributed by atoms with van der Waals surface area (Å²) in [5, 5.41) is 0. The van der Waals surface area contributed by atoms with E-state index >= 15 is 0 Å². The van der Waals surface area contributed by atoms with Crippen molar-refractivity contribution in [3.05, 3.63) is 0 Å². The highest BCUT2D eigenvalue weighted by Gasteiger charge is 2.22. The second kappa shape index (κ2) is 6.61. The van der Waals surface area contributed by atoms with Gasteiger partial charge < -0.3 is 14.4 Å². The Morgan fingerprint density at radius 3 is 2.40 bits per heavy atom. The first-order valence-electron chi connectivity index (χ1n) is 5.26. The van der Waals surface area contributed by atoms with Gasteiger partial charge in [0, 0.05) is 19.1 Å². The molecule has 5 heteroatoms. The number of aldehydes is 1. The van der Waals surface area contributed by atoms with Gasteiger partial charge in [-0.3, -0.25) is 0 Å². The van der Waals surface area contributed by atoms with E-state index in [2.05, 4.69) is 19.6 Å². The number of hydrogen-bond acceptors (Lipinski definition) is 3. The zero-order valence-electron chi connectivity index (χ0n) is 10.1. The molecule has 15 heavy (non-hydrogen) atoms. The Labute approximate surface area is 92.6 Å². The number of nitrogens with zero attached hydrogens (tertiary/aromatic N) is 1. The summed E-state index contributed by atoms with van der Waals surface area (Å²) in [7, 11) is -1.35. The predicted octanol–water partition coefficient (Wildman–Crippen LogP) is 1.91. The van der Waals surface area contributed by atoms with Gasteiger partial charge in [-0.2, -0.15) is 0 Å². The first kappa shape index (κ1) is 14.2. The van der Waals surface area contributed by atoms with Gasteiger partial charge in [0.25, 0.3) is 0 Å². The van der Waals surface area contributed by atoms with Crippen LogP contribution in [-0.4, -0.2) is 44.7 Å². The molecule has 0 aliphatic carbocycles. The van der Waals surface area contributed by atoms with Crippen molar-refractivity contribution in [1.82, 2.24) is 4.90 Å². The largest absolute Gasteiger partial charge is 0.450 e. The molecule has 4 nitrogen and oxygen atoms in total. The van der Waals surface area contributed by atoms with Crippen molar-refractivity contribution in [2.45, 2.75) is 33.0 Å². The minimum Gasteiger partial charge on any atom is -0.450 e. The highest BCUT2D eigenvalue weighted by Crippen LogP contribution is 2.06. The monoisotopic (exact) mass is 231 g/mol. The van der Waals surface area contributed by atoms with Crippen LogP contribution in [0.2, 0.25) is 19.6 Å². The highest BCUT2D eigenvalue weighted by atomic mass is 28.3. The summed E-state index contributed by atoms with van der Waals surface area (Å²) < 4.78 is 4.94. The van der Waals surface area contributed by atoms with E-state index in [4.69, 9.17) is 4.74 Å². The number of carbonyl (C=O) groups excluding carboxylic acids is 2. The molecule has 1 amide bonds. The van der Waals surface area contributed by atoms with Crippen LogP contribution in [0, 0.1) is 0 Å². The fraction of sp³-hybridized carbons (Fsp3) is 0.800. The maximum Gasteiger partial charge on any atom is 0.409 e. The van der Waals surface area contributed by atoms with E-state index in [0.29, 0.717) is 19.6 Å². The maximum atomic E-state index is 11.5. The molecule has 0 saturated carbocycles. The van der Waals surface area contributed by atoms with Crippen molar-refractivity contribution in [3.63, 3.8) is 0 Å². The van der Waals surface area contributed by atoms with Crippen LogP contribution < -0.4 is 0 Å². The Kier molecular flexibility index (Phi) is 6.23. The molecule has 0 spiro atoms. The zero-order chi connectivity index (χ0) is 11.9. The van der Waals surface area contributed by atoms with E-state index in [1.54, 1.807) is 11.8 Å². The van der Waals surface area contributed by atoms with Gasteiger partial charge in [-0.05, 0) is 6.92 Å². The van der Waals surface area contributed by atoms with Crippen LogP contribution in [0.25, 0.3) is 0 Å². The molecule has 0 saturated heterocycles. The maximum absolute atomic E-state index is 11.5. The summed E-state index contributed by atoms with van der Waals surface area (Å²) in [6.07, 6.45) is 1.64. The van der Waals surface area contributed by atoms with Gasteiger partial charge in [0.15, 0.2) is 0 Å². The molecule has 0 fully saturated rings. The third kappa shape index (κ3) is 7.13. The molecule has 0 heterocycles. The second-order valence-corrected chi connectivity index (χ2v) is 10.1. The zero-order valence-corrected chi connectivity index (χ0v) is 11.1. The van der Waals surface area contributed by atoms with Crippen LogP contribution in [0.3, 0.4) is 0 Å². The van der Waals surface area contributed by atoms with Crippen LogP contribution in [0.4, 0.5) is 4.79 Å². The van der Waals surface area contributed by atoms with Gasteiger partial charge in [-0.25, -0.2) is 4.79 Å². The van der Waals surface area contributed by atoms with E-state index in [-0.39, 0.29) is 6.09 Å². The lowest BCUT2D eigenvalue weighted by Gasteiger charge is -2.27. The van der Waals surface area contributed by atoms with Crippen molar-refractivity contribution >= 4 is 20.5 Å². The van der Waals surface area contributed by atoms with Gasteiger partial charge in [0.1, 0.15) is 6.29 Å². The van der Waals surface area contributed by atoms with E-state index in [1.807, 2.05) is 0 Å². The Balaban J connectivity index is 4.29. The number of ether oxygens (including phenoxy) is 1. The highest BCUT2D eigenvalue weighted by molar-refractivity contribution is 6.76. The van der Waals surface area contributed by atoms with Crippen LogP contribution >= 0.6 is 0 Å². The molecular weight excluding hydrogens is 210 g/mol. The molecule has 0 radical (unpaired) electrons. The summed E-state index contributed by atoms with van der Waals surface area (Å²) in [4.78, 5) is 23.5. The van der Waals surface area contributed by atoms with Crippen LogP contribution in [-0.2, 0) is 9.53 Å². The van der Waals surface area contributed by atoms with Crippen LogP contribution in [0.5, 0.6) is 0 Å². The fourth-order valence-corrected chi connectivity index (χ4v) is 2.66. The van der Waals surface area contributed by atoms with Crippen LogP contribution in [0.1, 0.15) is 13.3 Å². The molecule has 0 aliphatic rings. The van der Waals surface area contributed by atoms with Crippen molar-refractivity contribution in [1.29, 1.82) is 0 Å². The van der Waals surface area contributed by atoms with Crippen molar-refractivity contribution in [2.24, 2.45) is 0 Å². The minimum absolute atomic E-state index is 0.304. The van der Waals surface area contributed by atoms with E-state index in [0.717, 1.165) is 12.5 Å². The first-order chi connectivity index (χ1) is 6.90. The average molecular weight is 231 g/mol. The van der Waals surface area contributed by atoms with Crippen molar-refractivity contribution < 1.29 is 14.3 Å². The molecule has 0 unspecified atom stereocenters. The number of carbonyl (C=O) groups is 2. The summed E-state index contributed by atoms with van der Waals surface area (Å²) in [6, 6.07) is 0. The van der Waals surface area contributed by atoms with Gasteiger partial charge in [0.2, 0.25) is 0 Å².